The molecule has 0 amide bonds. The van der Waals surface area contributed by atoms with Crippen LogP contribution in [0.3, 0.4) is 0 Å². The predicted octanol–water partition coefficient (Wildman–Crippen LogP) is 3.68. The molecule has 4 heteroatoms. The first-order chi connectivity index (χ1) is 10.4. The van der Waals surface area contributed by atoms with Crippen molar-refractivity contribution in [2.24, 2.45) is 0 Å². The van der Waals surface area contributed by atoms with Gasteiger partial charge in [0.15, 0.2) is 9.84 Å². The van der Waals surface area contributed by atoms with E-state index < -0.39 is 9.84 Å². The fourth-order valence-electron chi connectivity index (χ4n) is 2.75. The van der Waals surface area contributed by atoms with Crippen LogP contribution >= 0.6 is 0 Å². The second-order valence-corrected chi connectivity index (χ2v) is 7.86. The molecule has 22 heavy (non-hydrogen) atoms. The summed E-state index contributed by atoms with van der Waals surface area (Å²) >= 11 is 0. The first-order valence-electron chi connectivity index (χ1n) is 7.07. The van der Waals surface area contributed by atoms with E-state index in [1.54, 1.807) is 7.11 Å². The first kappa shape index (κ1) is 15.0. The minimum absolute atomic E-state index is 0.0771. The predicted molar refractivity (Wildman–Crippen MR) is 90.7 cm³/mol. The van der Waals surface area contributed by atoms with Crippen molar-refractivity contribution in [3.63, 3.8) is 0 Å². The molecule has 0 atom stereocenters. The lowest BCUT2D eigenvalue weighted by Gasteiger charge is -2.07. The third-order valence-corrected chi connectivity index (χ3v) is 4.52. The molecule has 0 unspecified atom stereocenters. The molecular weight excluding hydrogens is 296 g/mol. The lowest BCUT2D eigenvalue weighted by molar-refractivity contribution is 0.185. The van der Waals surface area contributed by atoms with Gasteiger partial charge in [0.25, 0.3) is 0 Å². The van der Waals surface area contributed by atoms with Crippen molar-refractivity contribution in [3.8, 4) is 0 Å². The number of hydrogen-bond acceptors (Lipinski definition) is 3. The van der Waals surface area contributed by atoms with Gasteiger partial charge in [-0.3, -0.25) is 0 Å². The van der Waals surface area contributed by atoms with Gasteiger partial charge in [-0.1, -0.05) is 30.3 Å². The van der Waals surface area contributed by atoms with Crippen LogP contribution in [-0.2, 0) is 26.9 Å². The molecule has 3 nitrogen and oxygen atoms in total. The highest BCUT2D eigenvalue weighted by Gasteiger charge is 2.06. The van der Waals surface area contributed by atoms with Crippen LogP contribution in [0.25, 0.3) is 21.5 Å². The molecule has 0 fully saturated rings. The average molecular weight is 314 g/mol. The molecule has 0 aromatic heterocycles. The Labute approximate surface area is 130 Å². The van der Waals surface area contributed by atoms with Crippen LogP contribution in [0.2, 0.25) is 0 Å². The molecule has 0 radical (unpaired) electrons. The molecule has 0 bridgehead atoms. The van der Waals surface area contributed by atoms with Gasteiger partial charge < -0.3 is 4.74 Å². The molecule has 114 valence electrons. The molecule has 0 saturated heterocycles. The number of benzene rings is 3. The summed E-state index contributed by atoms with van der Waals surface area (Å²) in [6, 6.07) is 16.3. The smallest absolute Gasteiger partial charge is 0.151 e. The van der Waals surface area contributed by atoms with E-state index >= 15 is 0 Å². The van der Waals surface area contributed by atoms with Gasteiger partial charge in [-0.05, 0) is 50.9 Å². The fraction of sp³-hybridized carbons (Fsp3) is 0.222. The molecular formula is C18H18O3S. The number of methoxy groups -OCH3 is 1. The lowest BCUT2D eigenvalue weighted by atomic mass is 10.0. The molecule has 0 saturated carbocycles. The van der Waals surface area contributed by atoms with E-state index in [0.29, 0.717) is 6.61 Å². The lowest BCUT2D eigenvalue weighted by Crippen LogP contribution is -2.00. The Bertz CT molecular complexity index is 943. The van der Waals surface area contributed by atoms with Crippen molar-refractivity contribution in [1.29, 1.82) is 0 Å². The highest BCUT2D eigenvalue weighted by Crippen LogP contribution is 2.25. The van der Waals surface area contributed by atoms with Crippen molar-refractivity contribution < 1.29 is 13.2 Å². The molecule has 0 N–H and O–H groups in total. The maximum Gasteiger partial charge on any atom is 0.151 e. The highest BCUT2D eigenvalue weighted by molar-refractivity contribution is 7.89. The van der Waals surface area contributed by atoms with Crippen LogP contribution in [0, 0.1) is 0 Å². The maximum atomic E-state index is 11.4. The van der Waals surface area contributed by atoms with E-state index in [-0.39, 0.29) is 5.75 Å². The van der Waals surface area contributed by atoms with E-state index in [0.717, 1.165) is 32.7 Å². The van der Waals surface area contributed by atoms with Crippen molar-refractivity contribution >= 4 is 31.4 Å². The zero-order valence-corrected chi connectivity index (χ0v) is 13.5. The van der Waals surface area contributed by atoms with Crippen LogP contribution < -0.4 is 0 Å². The Kier molecular flexibility index (Phi) is 3.89. The number of hydrogen-bond donors (Lipinski definition) is 0. The summed E-state index contributed by atoms with van der Waals surface area (Å²) in [6.45, 7) is 0.598. The van der Waals surface area contributed by atoms with E-state index in [4.69, 9.17) is 4.74 Å². The molecule has 3 rings (SSSR count). The minimum Gasteiger partial charge on any atom is -0.380 e. The van der Waals surface area contributed by atoms with E-state index in [1.165, 1.54) is 6.26 Å². The summed E-state index contributed by atoms with van der Waals surface area (Å²) in [7, 11) is -1.33. The van der Waals surface area contributed by atoms with Gasteiger partial charge in [0.2, 0.25) is 0 Å². The van der Waals surface area contributed by atoms with Crippen molar-refractivity contribution in [1.82, 2.24) is 0 Å². The second-order valence-electron chi connectivity index (χ2n) is 5.72. The molecule has 3 aromatic rings. The van der Waals surface area contributed by atoms with Gasteiger partial charge in [-0.25, -0.2) is 8.42 Å². The van der Waals surface area contributed by atoms with Crippen molar-refractivity contribution in [3.05, 3.63) is 59.7 Å². The Morgan fingerprint density at radius 3 is 1.91 bits per heavy atom. The van der Waals surface area contributed by atoms with Gasteiger partial charge in [-0.2, -0.15) is 0 Å². The molecule has 0 aliphatic carbocycles. The molecule has 0 aliphatic heterocycles. The van der Waals surface area contributed by atoms with Gasteiger partial charge in [-0.15, -0.1) is 0 Å². The van der Waals surface area contributed by atoms with Crippen LogP contribution in [0.15, 0.2) is 48.5 Å². The van der Waals surface area contributed by atoms with Crippen molar-refractivity contribution in [2.45, 2.75) is 12.4 Å². The van der Waals surface area contributed by atoms with E-state index in [1.807, 2.05) is 18.2 Å². The summed E-state index contributed by atoms with van der Waals surface area (Å²) in [4.78, 5) is 0. The topological polar surface area (TPSA) is 43.4 Å². The van der Waals surface area contributed by atoms with E-state index in [2.05, 4.69) is 30.3 Å². The normalized spacial score (nSPS) is 12.1. The maximum absolute atomic E-state index is 11.4. The molecule has 0 heterocycles. The quantitative estimate of drug-likeness (QED) is 0.690. The second kappa shape index (κ2) is 5.71. The Balaban J connectivity index is 2.10. The number of ether oxygens (including phenoxy) is 1. The number of sulfone groups is 1. The first-order valence-corrected chi connectivity index (χ1v) is 9.13. The summed E-state index contributed by atoms with van der Waals surface area (Å²) in [5.74, 6) is 0.0771. The molecule has 0 spiro atoms. The average Bonchev–Trinajstić information content (AvgIpc) is 2.44. The third kappa shape index (κ3) is 3.29. The zero-order chi connectivity index (χ0) is 15.7. The van der Waals surface area contributed by atoms with Crippen LogP contribution in [0.5, 0.6) is 0 Å². The standard InChI is InChI=1S/C18H18O3S/c1-21-11-13-3-5-15-10-18-8-14(12-22(2,19)20)4-6-16(18)9-17(15)7-13/h3-10H,11-12H2,1-2H3. The Morgan fingerprint density at radius 1 is 0.818 bits per heavy atom. The fourth-order valence-corrected chi connectivity index (χ4v) is 3.53. The van der Waals surface area contributed by atoms with Crippen LogP contribution in [-0.4, -0.2) is 21.8 Å². The largest absolute Gasteiger partial charge is 0.380 e. The van der Waals surface area contributed by atoms with Crippen LogP contribution in [0.1, 0.15) is 11.1 Å². The van der Waals surface area contributed by atoms with Crippen molar-refractivity contribution in [2.75, 3.05) is 13.4 Å². The van der Waals surface area contributed by atoms with Gasteiger partial charge in [0.05, 0.1) is 12.4 Å². The van der Waals surface area contributed by atoms with Gasteiger partial charge in [0, 0.05) is 13.4 Å². The highest BCUT2D eigenvalue weighted by atomic mass is 32.2. The zero-order valence-electron chi connectivity index (χ0n) is 12.7. The summed E-state index contributed by atoms with van der Waals surface area (Å²) in [5, 5.41) is 4.48. The third-order valence-electron chi connectivity index (χ3n) is 3.66. The Morgan fingerprint density at radius 2 is 1.36 bits per heavy atom. The SMILES string of the molecule is COCc1ccc2cc3cc(CS(C)(=O)=O)ccc3cc2c1. The summed E-state index contributed by atoms with van der Waals surface area (Å²) in [5.41, 5.74) is 1.97. The van der Waals surface area contributed by atoms with Gasteiger partial charge >= 0.3 is 0 Å². The summed E-state index contributed by atoms with van der Waals surface area (Å²) < 4.78 is 28.0. The van der Waals surface area contributed by atoms with E-state index in [9.17, 15) is 8.42 Å². The number of fused-ring (bicyclic) bond motifs is 2. The Hall–Kier alpha value is -1.91. The monoisotopic (exact) mass is 314 g/mol. The minimum atomic E-state index is -3.01. The van der Waals surface area contributed by atoms with Gasteiger partial charge in [0.1, 0.15) is 0 Å². The summed E-state index contributed by atoms with van der Waals surface area (Å²) in [6.07, 6.45) is 1.26. The number of rotatable bonds is 4. The molecule has 3 aromatic carbocycles. The molecule has 0 aliphatic rings. The van der Waals surface area contributed by atoms with Crippen LogP contribution in [0.4, 0.5) is 0 Å².